The first kappa shape index (κ1) is 14.6. The molecule has 3 heteroatoms. The van der Waals surface area contributed by atoms with Crippen LogP contribution in [0.1, 0.15) is 44.2 Å². The molecule has 1 rings (SSSR count). The van der Waals surface area contributed by atoms with E-state index in [-0.39, 0.29) is 5.91 Å². The van der Waals surface area contributed by atoms with Crippen molar-refractivity contribution < 1.29 is 9.53 Å². The van der Waals surface area contributed by atoms with Gasteiger partial charge in [0.25, 0.3) is 0 Å². The van der Waals surface area contributed by atoms with Gasteiger partial charge in [-0.25, -0.2) is 0 Å². The standard InChI is InChI=1S/C15H23NO2/c1-5-15(17)16-9-8-12-6-7-13(11(2)3)10-14(12)18-4/h6-7,10-11H,5,8-9H2,1-4H3,(H,16,17). The molecule has 0 saturated carbocycles. The second-order valence-electron chi connectivity index (χ2n) is 4.68. The van der Waals surface area contributed by atoms with Gasteiger partial charge in [-0.1, -0.05) is 32.9 Å². The predicted octanol–water partition coefficient (Wildman–Crippen LogP) is 2.89. The summed E-state index contributed by atoms with van der Waals surface area (Å²) in [6, 6.07) is 6.30. The number of hydrogen-bond acceptors (Lipinski definition) is 2. The van der Waals surface area contributed by atoms with Crippen LogP contribution in [0.15, 0.2) is 18.2 Å². The van der Waals surface area contributed by atoms with Crippen molar-refractivity contribution in [1.82, 2.24) is 5.32 Å². The molecule has 0 aliphatic heterocycles. The molecule has 0 atom stereocenters. The van der Waals surface area contributed by atoms with E-state index in [1.165, 1.54) is 5.56 Å². The van der Waals surface area contributed by atoms with Crippen LogP contribution in [0, 0.1) is 0 Å². The maximum absolute atomic E-state index is 11.2. The van der Waals surface area contributed by atoms with Crippen molar-refractivity contribution in [3.05, 3.63) is 29.3 Å². The molecule has 1 amide bonds. The summed E-state index contributed by atoms with van der Waals surface area (Å²) in [5, 5.41) is 2.88. The third kappa shape index (κ3) is 4.06. The fourth-order valence-corrected chi connectivity index (χ4v) is 1.79. The lowest BCUT2D eigenvalue weighted by molar-refractivity contribution is -0.120. The van der Waals surface area contributed by atoms with Gasteiger partial charge in [-0.05, 0) is 29.5 Å². The van der Waals surface area contributed by atoms with Crippen LogP contribution in [0.25, 0.3) is 0 Å². The Morgan fingerprint density at radius 3 is 2.67 bits per heavy atom. The molecule has 0 radical (unpaired) electrons. The summed E-state index contributed by atoms with van der Waals surface area (Å²) in [5.41, 5.74) is 2.41. The summed E-state index contributed by atoms with van der Waals surface area (Å²) in [4.78, 5) is 11.2. The average Bonchev–Trinajstić information content (AvgIpc) is 2.38. The molecule has 100 valence electrons. The van der Waals surface area contributed by atoms with Gasteiger partial charge < -0.3 is 10.1 Å². The summed E-state index contributed by atoms with van der Waals surface area (Å²) in [5.74, 6) is 1.49. The quantitative estimate of drug-likeness (QED) is 0.842. The molecule has 0 unspecified atom stereocenters. The number of benzene rings is 1. The van der Waals surface area contributed by atoms with Crippen molar-refractivity contribution in [1.29, 1.82) is 0 Å². The normalized spacial score (nSPS) is 10.5. The highest BCUT2D eigenvalue weighted by Crippen LogP contribution is 2.24. The molecule has 0 aliphatic rings. The first-order valence-electron chi connectivity index (χ1n) is 6.52. The van der Waals surface area contributed by atoms with E-state index in [0.29, 0.717) is 18.9 Å². The highest BCUT2D eigenvalue weighted by atomic mass is 16.5. The minimum absolute atomic E-state index is 0.0905. The van der Waals surface area contributed by atoms with E-state index < -0.39 is 0 Å². The molecule has 0 saturated heterocycles. The third-order valence-electron chi connectivity index (χ3n) is 3.02. The van der Waals surface area contributed by atoms with Crippen LogP contribution in [0.4, 0.5) is 0 Å². The van der Waals surface area contributed by atoms with Gasteiger partial charge in [0.2, 0.25) is 5.91 Å². The molecule has 3 nitrogen and oxygen atoms in total. The van der Waals surface area contributed by atoms with E-state index in [9.17, 15) is 4.79 Å². The Morgan fingerprint density at radius 1 is 1.39 bits per heavy atom. The van der Waals surface area contributed by atoms with Gasteiger partial charge in [0.1, 0.15) is 5.75 Å². The highest BCUT2D eigenvalue weighted by molar-refractivity contribution is 5.75. The van der Waals surface area contributed by atoms with Crippen molar-refractivity contribution in [3.8, 4) is 5.75 Å². The third-order valence-corrected chi connectivity index (χ3v) is 3.02. The summed E-state index contributed by atoms with van der Waals surface area (Å²) in [6.07, 6.45) is 1.33. The Hall–Kier alpha value is -1.51. The molecular weight excluding hydrogens is 226 g/mol. The molecule has 1 N–H and O–H groups in total. The van der Waals surface area contributed by atoms with Crippen LogP contribution in [-0.4, -0.2) is 19.6 Å². The van der Waals surface area contributed by atoms with Gasteiger partial charge in [-0.2, -0.15) is 0 Å². The molecule has 0 aliphatic carbocycles. The van der Waals surface area contributed by atoms with Crippen LogP contribution in [0.2, 0.25) is 0 Å². The number of rotatable bonds is 6. The topological polar surface area (TPSA) is 38.3 Å². The molecule has 0 fully saturated rings. The summed E-state index contributed by atoms with van der Waals surface area (Å²) < 4.78 is 5.41. The van der Waals surface area contributed by atoms with E-state index in [2.05, 4.69) is 37.4 Å². The highest BCUT2D eigenvalue weighted by Gasteiger charge is 2.07. The van der Waals surface area contributed by atoms with Crippen molar-refractivity contribution in [2.24, 2.45) is 0 Å². The maximum Gasteiger partial charge on any atom is 0.219 e. The number of carbonyl (C=O) groups is 1. The molecule has 0 heterocycles. The lowest BCUT2D eigenvalue weighted by Gasteiger charge is -2.13. The number of amides is 1. The van der Waals surface area contributed by atoms with Gasteiger partial charge in [-0.15, -0.1) is 0 Å². The summed E-state index contributed by atoms with van der Waals surface area (Å²) in [6.45, 7) is 6.84. The van der Waals surface area contributed by atoms with E-state index in [1.54, 1.807) is 7.11 Å². The van der Waals surface area contributed by atoms with Crippen molar-refractivity contribution >= 4 is 5.91 Å². The zero-order chi connectivity index (χ0) is 13.5. The average molecular weight is 249 g/mol. The van der Waals surface area contributed by atoms with Crippen LogP contribution in [-0.2, 0) is 11.2 Å². The van der Waals surface area contributed by atoms with Crippen LogP contribution in [0.3, 0.4) is 0 Å². The van der Waals surface area contributed by atoms with Gasteiger partial charge >= 0.3 is 0 Å². The van der Waals surface area contributed by atoms with Gasteiger partial charge in [0.15, 0.2) is 0 Å². The maximum atomic E-state index is 11.2. The van der Waals surface area contributed by atoms with Crippen LogP contribution < -0.4 is 10.1 Å². The Labute approximate surface area is 110 Å². The van der Waals surface area contributed by atoms with Gasteiger partial charge in [-0.3, -0.25) is 4.79 Å². The minimum atomic E-state index is 0.0905. The Balaban J connectivity index is 2.68. The van der Waals surface area contributed by atoms with Crippen molar-refractivity contribution in [2.75, 3.05) is 13.7 Å². The number of ether oxygens (including phenoxy) is 1. The summed E-state index contributed by atoms with van der Waals surface area (Å²) in [7, 11) is 1.69. The van der Waals surface area contributed by atoms with Crippen LogP contribution in [0.5, 0.6) is 5.75 Å². The predicted molar refractivity (Wildman–Crippen MR) is 74.1 cm³/mol. The monoisotopic (exact) mass is 249 g/mol. The van der Waals surface area contributed by atoms with E-state index in [4.69, 9.17) is 4.74 Å². The Morgan fingerprint density at radius 2 is 2.11 bits per heavy atom. The fraction of sp³-hybridized carbons (Fsp3) is 0.533. The van der Waals surface area contributed by atoms with E-state index in [0.717, 1.165) is 17.7 Å². The number of carbonyl (C=O) groups excluding carboxylic acids is 1. The van der Waals surface area contributed by atoms with Crippen molar-refractivity contribution in [3.63, 3.8) is 0 Å². The minimum Gasteiger partial charge on any atom is -0.496 e. The fourth-order valence-electron chi connectivity index (χ4n) is 1.79. The van der Waals surface area contributed by atoms with Gasteiger partial charge in [0, 0.05) is 13.0 Å². The number of nitrogens with one attached hydrogen (secondary N) is 1. The number of methoxy groups -OCH3 is 1. The second-order valence-corrected chi connectivity index (χ2v) is 4.68. The van der Waals surface area contributed by atoms with Crippen LogP contribution >= 0.6 is 0 Å². The molecule has 1 aromatic carbocycles. The molecule has 1 aromatic rings. The SMILES string of the molecule is CCC(=O)NCCc1ccc(C(C)C)cc1OC. The Bertz CT molecular complexity index is 399. The van der Waals surface area contributed by atoms with E-state index in [1.807, 2.05) is 6.92 Å². The molecule has 0 aromatic heterocycles. The van der Waals surface area contributed by atoms with E-state index >= 15 is 0 Å². The second kappa shape index (κ2) is 7.04. The lowest BCUT2D eigenvalue weighted by atomic mass is 10.00. The molecule has 18 heavy (non-hydrogen) atoms. The lowest BCUT2D eigenvalue weighted by Crippen LogP contribution is -2.24. The van der Waals surface area contributed by atoms with Crippen molar-refractivity contribution in [2.45, 2.75) is 39.5 Å². The number of hydrogen-bond donors (Lipinski definition) is 1. The largest absolute Gasteiger partial charge is 0.496 e. The zero-order valence-electron chi connectivity index (χ0n) is 11.7. The molecule has 0 bridgehead atoms. The first-order valence-corrected chi connectivity index (χ1v) is 6.52. The molecule has 0 spiro atoms. The summed E-state index contributed by atoms with van der Waals surface area (Å²) >= 11 is 0. The Kier molecular flexibility index (Phi) is 5.69. The first-order chi connectivity index (χ1) is 8.58. The smallest absolute Gasteiger partial charge is 0.219 e. The zero-order valence-corrected chi connectivity index (χ0v) is 11.7. The van der Waals surface area contributed by atoms with Gasteiger partial charge in [0.05, 0.1) is 7.11 Å². The molecular formula is C15H23NO2.